The molecular formula is C15H15N5OS2. The van der Waals surface area contributed by atoms with Crippen molar-refractivity contribution >= 4 is 40.3 Å². The molecule has 3 aromatic rings. The van der Waals surface area contributed by atoms with Gasteiger partial charge in [0, 0.05) is 30.8 Å². The summed E-state index contributed by atoms with van der Waals surface area (Å²) in [5.41, 5.74) is 7.71. The number of thiophene rings is 1. The average molecular weight is 345 g/mol. The second kappa shape index (κ2) is 5.86. The van der Waals surface area contributed by atoms with E-state index in [0.717, 1.165) is 29.5 Å². The summed E-state index contributed by atoms with van der Waals surface area (Å²) in [4.78, 5) is 20.0. The summed E-state index contributed by atoms with van der Waals surface area (Å²) < 4.78 is 1.61. The first-order chi connectivity index (χ1) is 11.2. The van der Waals surface area contributed by atoms with E-state index in [-0.39, 0.29) is 5.91 Å². The van der Waals surface area contributed by atoms with Gasteiger partial charge in [-0.2, -0.15) is 11.8 Å². The zero-order valence-electron chi connectivity index (χ0n) is 12.3. The molecule has 1 aliphatic rings. The average Bonchev–Trinajstić information content (AvgIpc) is 3.24. The molecule has 0 aromatic carbocycles. The number of fused-ring (bicyclic) bond motifs is 1. The molecule has 118 valence electrons. The topological polar surface area (TPSA) is 76.5 Å². The van der Waals surface area contributed by atoms with E-state index < -0.39 is 0 Å². The molecule has 1 aliphatic heterocycles. The number of thioether (sulfide) groups is 1. The summed E-state index contributed by atoms with van der Waals surface area (Å²) in [6.07, 6.45) is 1.72. The van der Waals surface area contributed by atoms with Crippen LogP contribution in [0.2, 0.25) is 0 Å². The van der Waals surface area contributed by atoms with Crippen LogP contribution in [-0.2, 0) is 0 Å². The zero-order valence-corrected chi connectivity index (χ0v) is 13.9. The molecule has 0 aliphatic carbocycles. The number of carbonyl (C=O) groups excluding carboxylic acids is 1. The van der Waals surface area contributed by atoms with Gasteiger partial charge in [0.15, 0.2) is 11.5 Å². The number of nitrogen functional groups attached to an aromatic ring is 1. The Labute approximate surface area is 141 Å². The number of aromatic nitrogens is 3. The highest BCUT2D eigenvalue weighted by molar-refractivity contribution is 7.99. The van der Waals surface area contributed by atoms with Gasteiger partial charge < -0.3 is 10.6 Å². The summed E-state index contributed by atoms with van der Waals surface area (Å²) in [6, 6.07) is 5.62. The van der Waals surface area contributed by atoms with Crippen LogP contribution in [0.15, 0.2) is 29.8 Å². The van der Waals surface area contributed by atoms with E-state index in [1.54, 1.807) is 28.1 Å². The van der Waals surface area contributed by atoms with Gasteiger partial charge in [0.25, 0.3) is 5.91 Å². The first kappa shape index (κ1) is 14.5. The summed E-state index contributed by atoms with van der Waals surface area (Å²) >= 11 is 3.45. The van der Waals surface area contributed by atoms with Crippen LogP contribution in [0.4, 0.5) is 5.69 Å². The number of hydrogen-bond donors (Lipinski definition) is 1. The predicted octanol–water partition coefficient (Wildman–Crippen LogP) is 2.23. The Bertz CT molecular complexity index is 852. The van der Waals surface area contributed by atoms with Crippen LogP contribution in [0.25, 0.3) is 16.3 Å². The Morgan fingerprint density at radius 1 is 1.30 bits per heavy atom. The van der Waals surface area contributed by atoms with E-state index in [2.05, 4.69) is 10.1 Å². The first-order valence-corrected chi connectivity index (χ1v) is 9.32. The second-order valence-electron chi connectivity index (χ2n) is 5.27. The van der Waals surface area contributed by atoms with E-state index in [1.165, 1.54) is 0 Å². The molecule has 1 saturated heterocycles. The van der Waals surface area contributed by atoms with Crippen molar-refractivity contribution in [2.45, 2.75) is 0 Å². The van der Waals surface area contributed by atoms with Crippen LogP contribution < -0.4 is 5.73 Å². The molecule has 4 heterocycles. The molecule has 0 atom stereocenters. The number of anilines is 1. The maximum atomic E-state index is 12.6. The highest BCUT2D eigenvalue weighted by atomic mass is 32.2. The molecule has 0 unspecified atom stereocenters. The molecule has 23 heavy (non-hydrogen) atoms. The number of nitrogens with two attached hydrogens (primary N) is 1. The molecule has 4 rings (SSSR count). The number of amides is 1. The van der Waals surface area contributed by atoms with E-state index in [1.807, 2.05) is 34.2 Å². The smallest absolute Gasteiger partial charge is 0.255 e. The van der Waals surface area contributed by atoms with Gasteiger partial charge in [0.1, 0.15) is 0 Å². The van der Waals surface area contributed by atoms with Gasteiger partial charge in [0.2, 0.25) is 0 Å². The molecule has 0 saturated carbocycles. The molecule has 1 amide bonds. The maximum Gasteiger partial charge on any atom is 0.255 e. The van der Waals surface area contributed by atoms with Crippen LogP contribution in [0, 0.1) is 0 Å². The van der Waals surface area contributed by atoms with Crippen molar-refractivity contribution in [3.8, 4) is 10.7 Å². The Balaban J connectivity index is 1.73. The van der Waals surface area contributed by atoms with E-state index >= 15 is 0 Å². The Morgan fingerprint density at radius 3 is 2.87 bits per heavy atom. The van der Waals surface area contributed by atoms with Crippen molar-refractivity contribution in [1.29, 1.82) is 0 Å². The van der Waals surface area contributed by atoms with Crippen molar-refractivity contribution in [3.63, 3.8) is 0 Å². The van der Waals surface area contributed by atoms with Crippen molar-refractivity contribution in [2.75, 3.05) is 30.3 Å². The second-order valence-corrected chi connectivity index (χ2v) is 7.44. The molecule has 0 spiro atoms. The molecule has 0 radical (unpaired) electrons. The number of hydrogen-bond acceptors (Lipinski definition) is 6. The lowest BCUT2D eigenvalue weighted by Crippen LogP contribution is -2.38. The van der Waals surface area contributed by atoms with Crippen LogP contribution >= 0.6 is 23.1 Å². The van der Waals surface area contributed by atoms with Gasteiger partial charge in [-0.05, 0) is 17.5 Å². The number of rotatable bonds is 2. The third-order valence-corrected chi connectivity index (χ3v) is 5.56. The van der Waals surface area contributed by atoms with Crippen molar-refractivity contribution < 1.29 is 4.79 Å². The van der Waals surface area contributed by atoms with E-state index in [9.17, 15) is 4.79 Å². The highest BCUT2D eigenvalue weighted by Crippen LogP contribution is 2.24. The minimum atomic E-state index is 0.00655. The van der Waals surface area contributed by atoms with Gasteiger partial charge in [-0.15, -0.1) is 16.4 Å². The molecule has 1 fully saturated rings. The number of carbonyl (C=O) groups is 1. The summed E-state index contributed by atoms with van der Waals surface area (Å²) in [6.45, 7) is 1.55. The minimum absolute atomic E-state index is 0.00655. The molecule has 2 N–H and O–H groups in total. The van der Waals surface area contributed by atoms with Crippen LogP contribution in [0.1, 0.15) is 10.4 Å². The largest absolute Gasteiger partial charge is 0.396 e. The minimum Gasteiger partial charge on any atom is -0.396 e. The standard InChI is InChI=1S/C15H15N5OS2/c16-11-8-10(15(21)19-3-6-22-7-4-19)9-20-14(11)17-13(18-20)12-2-1-5-23-12/h1-2,5,8-9H,3-4,6-7,16H2. The fourth-order valence-corrected chi connectivity index (χ4v) is 4.14. The van der Waals surface area contributed by atoms with Gasteiger partial charge in [-0.25, -0.2) is 9.50 Å². The highest BCUT2D eigenvalue weighted by Gasteiger charge is 2.20. The first-order valence-electron chi connectivity index (χ1n) is 7.29. The Hall–Kier alpha value is -2.06. The van der Waals surface area contributed by atoms with Gasteiger partial charge in [-0.1, -0.05) is 6.07 Å². The van der Waals surface area contributed by atoms with E-state index in [0.29, 0.717) is 22.7 Å². The molecule has 0 bridgehead atoms. The lowest BCUT2D eigenvalue weighted by Gasteiger charge is -2.26. The lowest BCUT2D eigenvalue weighted by atomic mass is 10.2. The van der Waals surface area contributed by atoms with Crippen molar-refractivity contribution in [2.24, 2.45) is 0 Å². The zero-order chi connectivity index (χ0) is 15.8. The van der Waals surface area contributed by atoms with E-state index in [4.69, 9.17) is 5.73 Å². The predicted molar refractivity (Wildman–Crippen MR) is 93.9 cm³/mol. The number of nitrogens with zero attached hydrogens (tertiary/aromatic N) is 4. The lowest BCUT2D eigenvalue weighted by molar-refractivity contribution is 0.0771. The number of pyridine rings is 1. The summed E-state index contributed by atoms with van der Waals surface area (Å²) in [5, 5.41) is 6.45. The van der Waals surface area contributed by atoms with Crippen molar-refractivity contribution in [3.05, 3.63) is 35.3 Å². The van der Waals surface area contributed by atoms with Crippen molar-refractivity contribution in [1.82, 2.24) is 19.5 Å². The molecule has 8 heteroatoms. The van der Waals surface area contributed by atoms with Crippen LogP contribution in [0.3, 0.4) is 0 Å². The molecule has 3 aromatic heterocycles. The summed E-state index contributed by atoms with van der Waals surface area (Å²) in [7, 11) is 0. The fourth-order valence-electron chi connectivity index (χ4n) is 2.59. The van der Waals surface area contributed by atoms with Gasteiger partial charge in [0.05, 0.1) is 16.1 Å². The Kier molecular flexibility index (Phi) is 3.70. The maximum absolute atomic E-state index is 12.6. The van der Waals surface area contributed by atoms with Gasteiger partial charge in [-0.3, -0.25) is 4.79 Å². The SMILES string of the molecule is Nc1cc(C(=O)N2CCSCC2)cn2nc(-c3cccs3)nc12. The van der Waals surface area contributed by atoms with Crippen LogP contribution in [0.5, 0.6) is 0 Å². The quantitative estimate of drug-likeness (QED) is 0.771. The normalized spacial score (nSPS) is 15.2. The molecule has 6 nitrogen and oxygen atoms in total. The fraction of sp³-hybridized carbons (Fsp3) is 0.267. The monoisotopic (exact) mass is 345 g/mol. The van der Waals surface area contributed by atoms with Gasteiger partial charge >= 0.3 is 0 Å². The van der Waals surface area contributed by atoms with Crippen LogP contribution in [-0.4, -0.2) is 50.0 Å². The third kappa shape index (κ3) is 2.68. The molecular weight excluding hydrogens is 330 g/mol. The third-order valence-electron chi connectivity index (χ3n) is 3.75. The Morgan fingerprint density at radius 2 is 2.13 bits per heavy atom. The summed E-state index contributed by atoms with van der Waals surface area (Å²) in [5.74, 6) is 2.60.